The van der Waals surface area contributed by atoms with E-state index in [0.717, 1.165) is 0 Å². The molecule has 0 atom stereocenters. The van der Waals surface area contributed by atoms with Crippen molar-refractivity contribution in [2.45, 2.75) is 21.3 Å². The zero-order valence-electron chi connectivity index (χ0n) is 7.87. The van der Waals surface area contributed by atoms with Gasteiger partial charge in [0.15, 0.2) is 5.52 Å². The number of imidazole rings is 1. The summed E-state index contributed by atoms with van der Waals surface area (Å²) in [6.07, 6.45) is 0. The van der Waals surface area contributed by atoms with Crippen molar-refractivity contribution in [3.05, 3.63) is 33.6 Å². The summed E-state index contributed by atoms with van der Waals surface area (Å²) < 4.78 is 0. The molecule has 5 heteroatoms. The maximum Gasteiger partial charge on any atom is 0.299 e. The van der Waals surface area contributed by atoms with Gasteiger partial charge in [-0.15, -0.1) is 0 Å². The molecule has 0 aliphatic rings. The third kappa shape index (κ3) is 1.68. The Kier molecular flexibility index (Phi) is 2.74. The van der Waals surface area contributed by atoms with Gasteiger partial charge in [-0.3, -0.25) is 10.1 Å². The lowest BCUT2D eigenvalue weighted by Gasteiger charge is -1.96. The summed E-state index contributed by atoms with van der Waals surface area (Å²) in [5, 5.41) is 10.8. The third-order valence-corrected chi connectivity index (χ3v) is 2.13. The highest BCUT2D eigenvalue weighted by Crippen LogP contribution is 2.26. The third-order valence-electron chi connectivity index (χ3n) is 2.13. The standard InChI is InChI=1S/C9H9N3O2.CH4/c1-5-3-4-7-8(9(5)12(13)14)11-6(2)10-7;/h3-4H,1-2H3,(H,10,11);1H4. The molecule has 0 fully saturated rings. The van der Waals surface area contributed by atoms with Crippen molar-refractivity contribution in [2.24, 2.45) is 0 Å². The number of rotatable bonds is 1. The average Bonchev–Trinajstić information content (AvgIpc) is 2.43. The Balaban J connectivity index is 0.00000112. The van der Waals surface area contributed by atoms with Crippen LogP contribution in [0.15, 0.2) is 12.1 Å². The first-order valence-corrected chi connectivity index (χ1v) is 4.20. The second-order valence-corrected chi connectivity index (χ2v) is 3.21. The molecule has 5 nitrogen and oxygen atoms in total. The van der Waals surface area contributed by atoms with Gasteiger partial charge in [-0.2, -0.15) is 0 Å². The van der Waals surface area contributed by atoms with Crippen LogP contribution >= 0.6 is 0 Å². The molecule has 1 aromatic heterocycles. The molecule has 0 amide bonds. The zero-order chi connectivity index (χ0) is 10.3. The van der Waals surface area contributed by atoms with Crippen molar-refractivity contribution in [1.29, 1.82) is 0 Å². The first-order chi connectivity index (χ1) is 6.59. The monoisotopic (exact) mass is 207 g/mol. The van der Waals surface area contributed by atoms with Crippen LogP contribution in [0.1, 0.15) is 18.8 Å². The highest BCUT2D eigenvalue weighted by molar-refractivity contribution is 5.86. The number of nitro groups is 1. The molecule has 0 saturated heterocycles. The summed E-state index contributed by atoms with van der Waals surface area (Å²) in [6.45, 7) is 3.49. The molecule has 0 spiro atoms. The van der Waals surface area contributed by atoms with E-state index in [1.807, 2.05) is 0 Å². The van der Waals surface area contributed by atoms with Crippen molar-refractivity contribution in [1.82, 2.24) is 9.97 Å². The SMILES string of the molecule is C.Cc1nc2c([N+](=O)[O-])c(C)ccc2[nH]1. The van der Waals surface area contributed by atoms with Gasteiger partial charge in [-0.05, 0) is 19.9 Å². The first-order valence-electron chi connectivity index (χ1n) is 4.20. The molecule has 0 aliphatic carbocycles. The number of nitrogens with zero attached hydrogens (tertiary/aromatic N) is 2. The minimum Gasteiger partial charge on any atom is -0.342 e. The Morgan fingerprint density at radius 3 is 2.67 bits per heavy atom. The fourth-order valence-corrected chi connectivity index (χ4v) is 1.52. The summed E-state index contributed by atoms with van der Waals surface area (Å²) in [4.78, 5) is 17.5. The number of fused-ring (bicyclic) bond motifs is 1. The largest absolute Gasteiger partial charge is 0.342 e. The summed E-state index contributed by atoms with van der Waals surface area (Å²) in [5.41, 5.74) is 1.87. The van der Waals surface area contributed by atoms with E-state index in [1.54, 1.807) is 26.0 Å². The number of H-pyrrole nitrogens is 1. The van der Waals surface area contributed by atoms with Crippen molar-refractivity contribution in [3.8, 4) is 0 Å². The van der Waals surface area contributed by atoms with Crippen LogP contribution in [0.25, 0.3) is 11.0 Å². The lowest BCUT2D eigenvalue weighted by atomic mass is 10.2. The van der Waals surface area contributed by atoms with Crippen LogP contribution in [0, 0.1) is 24.0 Å². The molecule has 15 heavy (non-hydrogen) atoms. The molecule has 0 bridgehead atoms. The van der Waals surface area contributed by atoms with Crippen LogP contribution in [-0.2, 0) is 0 Å². The molecule has 1 aromatic carbocycles. The number of aromatic amines is 1. The second kappa shape index (κ2) is 3.68. The van der Waals surface area contributed by atoms with E-state index in [9.17, 15) is 10.1 Å². The Morgan fingerprint density at radius 2 is 2.07 bits per heavy atom. The maximum atomic E-state index is 10.8. The summed E-state index contributed by atoms with van der Waals surface area (Å²) >= 11 is 0. The molecule has 2 aromatic rings. The van der Waals surface area contributed by atoms with Gasteiger partial charge in [0, 0.05) is 5.56 Å². The van der Waals surface area contributed by atoms with Gasteiger partial charge in [-0.1, -0.05) is 13.5 Å². The normalized spacial score (nSPS) is 10.0. The Hall–Kier alpha value is -1.91. The number of benzene rings is 1. The average molecular weight is 207 g/mol. The van der Waals surface area contributed by atoms with Gasteiger partial charge in [0.05, 0.1) is 10.4 Å². The Morgan fingerprint density at radius 1 is 1.40 bits per heavy atom. The highest BCUT2D eigenvalue weighted by Gasteiger charge is 2.17. The molecule has 80 valence electrons. The van der Waals surface area contributed by atoms with Crippen LogP contribution in [0.3, 0.4) is 0 Å². The molecular formula is C10H13N3O2. The first kappa shape index (κ1) is 11.2. The number of hydrogen-bond donors (Lipinski definition) is 1. The van der Waals surface area contributed by atoms with Crippen LogP contribution < -0.4 is 0 Å². The summed E-state index contributed by atoms with van der Waals surface area (Å²) in [7, 11) is 0. The Labute approximate surface area is 87.3 Å². The van der Waals surface area contributed by atoms with Crippen LogP contribution in [0.5, 0.6) is 0 Å². The van der Waals surface area contributed by atoms with Gasteiger partial charge in [0.1, 0.15) is 5.82 Å². The molecule has 1 heterocycles. The fourth-order valence-electron chi connectivity index (χ4n) is 1.52. The lowest BCUT2D eigenvalue weighted by Crippen LogP contribution is -1.92. The number of hydrogen-bond acceptors (Lipinski definition) is 3. The van der Waals surface area contributed by atoms with Gasteiger partial charge in [0.25, 0.3) is 5.69 Å². The van der Waals surface area contributed by atoms with Crippen molar-refractivity contribution < 1.29 is 4.92 Å². The molecule has 2 rings (SSSR count). The predicted octanol–water partition coefficient (Wildman–Crippen LogP) is 2.72. The van der Waals surface area contributed by atoms with E-state index < -0.39 is 4.92 Å². The fraction of sp³-hybridized carbons (Fsp3) is 0.300. The van der Waals surface area contributed by atoms with Crippen molar-refractivity contribution in [2.75, 3.05) is 0 Å². The Bertz CT molecular complexity index is 517. The molecule has 0 unspecified atom stereocenters. The highest BCUT2D eigenvalue weighted by atomic mass is 16.6. The molecule has 0 aliphatic heterocycles. The van der Waals surface area contributed by atoms with E-state index in [1.165, 1.54) is 0 Å². The smallest absolute Gasteiger partial charge is 0.299 e. The number of aryl methyl sites for hydroxylation is 2. The number of aromatic nitrogens is 2. The van der Waals surface area contributed by atoms with Crippen LogP contribution in [0.4, 0.5) is 5.69 Å². The topological polar surface area (TPSA) is 71.8 Å². The van der Waals surface area contributed by atoms with E-state index in [2.05, 4.69) is 9.97 Å². The number of nitro benzene ring substituents is 1. The van der Waals surface area contributed by atoms with Crippen molar-refractivity contribution in [3.63, 3.8) is 0 Å². The van der Waals surface area contributed by atoms with Crippen LogP contribution in [0.2, 0.25) is 0 Å². The van der Waals surface area contributed by atoms with Gasteiger partial charge in [0.2, 0.25) is 0 Å². The minimum atomic E-state index is -0.391. The maximum absolute atomic E-state index is 10.8. The molecule has 0 radical (unpaired) electrons. The summed E-state index contributed by atoms with van der Waals surface area (Å²) in [5.74, 6) is 0.689. The van der Waals surface area contributed by atoms with Gasteiger partial charge >= 0.3 is 0 Å². The summed E-state index contributed by atoms with van der Waals surface area (Å²) in [6, 6.07) is 3.52. The van der Waals surface area contributed by atoms with E-state index in [-0.39, 0.29) is 13.1 Å². The molecular weight excluding hydrogens is 194 g/mol. The number of nitrogens with one attached hydrogen (secondary N) is 1. The van der Waals surface area contributed by atoms with E-state index in [4.69, 9.17) is 0 Å². The lowest BCUT2D eigenvalue weighted by molar-refractivity contribution is -0.383. The molecule has 1 N–H and O–H groups in total. The van der Waals surface area contributed by atoms with E-state index >= 15 is 0 Å². The minimum absolute atomic E-state index is 0. The molecule has 0 saturated carbocycles. The predicted molar refractivity (Wildman–Crippen MR) is 59.0 cm³/mol. The van der Waals surface area contributed by atoms with Crippen molar-refractivity contribution >= 4 is 16.7 Å². The van der Waals surface area contributed by atoms with Crippen LogP contribution in [-0.4, -0.2) is 14.9 Å². The van der Waals surface area contributed by atoms with Gasteiger partial charge < -0.3 is 4.98 Å². The van der Waals surface area contributed by atoms with E-state index in [0.29, 0.717) is 22.4 Å². The zero-order valence-corrected chi connectivity index (χ0v) is 7.87. The quantitative estimate of drug-likeness (QED) is 0.577. The second-order valence-electron chi connectivity index (χ2n) is 3.21. The van der Waals surface area contributed by atoms with Gasteiger partial charge in [-0.25, -0.2) is 4.98 Å².